The molecular weight excluding hydrogens is 555 g/mol. The average Bonchev–Trinajstić information content (AvgIpc) is 3.02. The third-order valence-electron chi connectivity index (χ3n) is 3.31. The molecule has 0 bridgehead atoms. The zero-order chi connectivity index (χ0) is 18.9. The van der Waals surface area contributed by atoms with Gasteiger partial charge >= 0.3 is 6.61 Å². The number of aliphatic hydroxyl groups excluding tert-OH is 1. The molecule has 1 heterocycles. The molecule has 0 saturated heterocycles. The van der Waals surface area contributed by atoms with Crippen molar-refractivity contribution in [2.24, 2.45) is 4.99 Å². The van der Waals surface area contributed by atoms with Gasteiger partial charge in [-0.3, -0.25) is 0 Å². The first kappa shape index (κ1) is 24.1. The molecule has 2 aromatic rings. The highest BCUT2D eigenvalue weighted by molar-refractivity contribution is 14.0. The molecule has 1 aromatic heterocycles. The van der Waals surface area contributed by atoms with Crippen molar-refractivity contribution in [1.29, 1.82) is 0 Å². The standard InChI is InChI=1S/C17H20BrF2N3O2S.HI/c1-2-21-17(22-8-14-7-12(18)10-26-14)23-9-15(24)11-3-5-13(6-4-11)25-16(19)20;/h3-7,10,15-16,24H,2,8-9H2,1H3,(H2,21,22,23);1H. The van der Waals surface area contributed by atoms with Crippen molar-refractivity contribution in [1.82, 2.24) is 10.6 Å². The van der Waals surface area contributed by atoms with Gasteiger partial charge in [-0.15, -0.1) is 35.3 Å². The average molecular weight is 576 g/mol. The Morgan fingerprint density at radius 2 is 2.00 bits per heavy atom. The number of benzene rings is 1. The highest BCUT2D eigenvalue weighted by Crippen LogP contribution is 2.20. The van der Waals surface area contributed by atoms with Crippen LogP contribution in [-0.4, -0.2) is 30.8 Å². The molecule has 5 nitrogen and oxygen atoms in total. The zero-order valence-corrected chi connectivity index (χ0v) is 19.2. The summed E-state index contributed by atoms with van der Waals surface area (Å²) < 4.78 is 29.6. The molecule has 0 radical (unpaired) electrons. The summed E-state index contributed by atoms with van der Waals surface area (Å²) in [6, 6.07) is 7.92. The van der Waals surface area contributed by atoms with Gasteiger partial charge in [-0.2, -0.15) is 8.78 Å². The van der Waals surface area contributed by atoms with Crippen LogP contribution in [0.3, 0.4) is 0 Å². The van der Waals surface area contributed by atoms with Crippen molar-refractivity contribution in [3.05, 3.63) is 50.6 Å². The molecule has 2 rings (SSSR count). The maximum absolute atomic E-state index is 12.2. The van der Waals surface area contributed by atoms with Gasteiger partial charge in [0.25, 0.3) is 0 Å². The SMILES string of the molecule is CCNC(=NCc1cc(Br)cs1)NCC(O)c1ccc(OC(F)F)cc1.I. The molecule has 1 unspecified atom stereocenters. The van der Waals surface area contributed by atoms with Gasteiger partial charge in [0.2, 0.25) is 0 Å². The van der Waals surface area contributed by atoms with Gasteiger partial charge in [-0.05, 0) is 46.6 Å². The van der Waals surface area contributed by atoms with Gasteiger partial charge in [0.15, 0.2) is 5.96 Å². The van der Waals surface area contributed by atoms with Crippen LogP contribution in [0.15, 0.2) is 45.2 Å². The van der Waals surface area contributed by atoms with E-state index in [9.17, 15) is 13.9 Å². The molecule has 0 amide bonds. The minimum Gasteiger partial charge on any atom is -0.435 e. The fourth-order valence-electron chi connectivity index (χ4n) is 2.12. The number of nitrogens with one attached hydrogen (secondary N) is 2. The number of guanidine groups is 1. The Morgan fingerprint density at radius 3 is 2.56 bits per heavy atom. The van der Waals surface area contributed by atoms with Crippen LogP contribution in [0.5, 0.6) is 5.75 Å². The lowest BCUT2D eigenvalue weighted by Gasteiger charge is -2.16. The van der Waals surface area contributed by atoms with Crippen LogP contribution in [-0.2, 0) is 6.54 Å². The lowest BCUT2D eigenvalue weighted by molar-refractivity contribution is -0.0498. The number of alkyl halides is 2. The van der Waals surface area contributed by atoms with Crippen LogP contribution in [0.4, 0.5) is 8.78 Å². The first-order chi connectivity index (χ1) is 12.5. The van der Waals surface area contributed by atoms with Crippen LogP contribution < -0.4 is 15.4 Å². The van der Waals surface area contributed by atoms with Gasteiger partial charge in [-0.1, -0.05) is 12.1 Å². The second kappa shape index (κ2) is 12.5. The highest BCUT2D eigenvalue weighted by atomic mass is 127. The third kappa shape index (κ3) is 8.71. The number of aliphatic imine (C=N–C) groups is 1. The normalized spacial score (nSPS) is 12.4. The summed E-state index contributed by atoms with van der Waals surface area (Å²) in [5.74, 6) is 0.648. The second-order valence-corrected chi connectivity index (χ2v) is 7.18. The van der Waals surface area contributed by atoms with Crippen molar-refractivity contribution in [3.63, 3.8) is 0 Å². The molecule has 0 aliphatic rings. The van der Waals surface area contributed by atoms with Crippen molar-refractivity contribution in [2.45, 2.75) is 26.2 Å². The van der Waals surface area contributed by atoms with Crippen LogP contribution in [0.2, 0.25) is 0 Å². The Morgan fingerprint density at radius 1 is 1.30 bits per heavy atom. The minimum atomic E-state index is -2.87. The van der Waals surface area contributed by atoms with E-state index in [0.717, 1.165) is 9.35 Å². The number of halogens is 4. The van der Waals surface area contributed by atoms with Crippen molar-refractivity contribution in [2.75, 3.05) is 13.1 Å². The fraction of sp³-hybridized carbons (Fsp3) is 0.353. The van der Waals surface area contributed by atoms with E-state index in [1.807, 2.05) is 18.4 Å². The van der Waals surface area contributed by atoms with Gasteiger partial charge in [-0.25, -0.2) is 4.99 Å². The third-order valence-corrected chi connectivity index (χ3v) is 4.99. The fourth-order valence-corrected chi connectivity index (χ4v) is 3.49. The number of ether oxygens (including phenoxy) is 1. The quantitative estimate of drug-likeness (QED) is 0.246. The van der Waals surface area contributed by atoms with Crippen LogP contribution in [0, 0.1) is 0 Å². The first-order valence-electron chi connectivity index (χ1n) is 7.96. The molecule has 10 heteroatoms. The van der Waals surface area contributed by atoms with Gasteiger partial charge in [0.05, 0.1) is 12.6 Å². The number of aliphatic hydroxyl groups is 1. The van der Waals surface area contributed by atoms with E-state index < -0.39 is 12.7 Å². The number of hydrogen-bond acceptors (Lipinski definition) is 4. The number of hydrogen-bond donors (Lipinski definition) is 3. The summed E-state index contributed by atoms with van der Waals surface area (Å²) >= 11 is 5.02. The molecule has 3 N–H and O–H groups in total. The second-order valence-electron chi connectivity index (χ2n) is 5.27. The topological polar surface area (TPSA) is 65.9 Å². The molecule has 0 saturated carbocycles. The van der Waals surface area contributed by atoms with Crippen molar-refractivity contribution >= 4 is 57.2 Å². The van der Waals surface area contributed by atoms with Gasteiger partial charge < -0.3 is 20.5 Å². The smallest absolute Gasteiger partial charge is 0.387 e. The highest BCUT2D eigenvalue weighted by Gasteiger charge is 2.10. The summed E-state index contributed by atoms with van der Waals surface area (Å²) in [5.41, 5.74) is 0.595. The van der Waals surface area contributed by atoms with E-state index in [1.54, 1.807) is 23.5 Å². The number of thiophene rings is 1. The maximum Gasteiger partial charge on any atom is 0.387 e. The Kier molecular flexibility index (Phi) is 11.1. The van der Waals surface area contributed by atoms with Gasteiger partial charge in [0.1, 0.15) is 5.75 Å². The first-order valence-corrected chi connectivity index (χ1v) is 9.63. The summed E-state index contributed by atoms with van der Waals surface area (Å²) in [6.07, 6.45) is -0.810. The largest absolute Gasteiger partial charge is 0.435 e. The van der Waals surface area contributed by atoms with Crippen LogP contribution in [0.1, 0.15) is 23.5 Å². The number of rotatable bonds is 8. The molecule has 1 aromatic carbocycles. The molecule has 0 aliphatic heterocycles. The molecule has 1 atom stereocenters. The van der Waals surface area contributed by atoms with E-state index in [1.165, 1.54) is 12.1 Å². The zero-order valence-electron chi connectivity index (χ0n) is 14.5. The Labute approximate surface area is 186 Å². The predicted molar refractivity (Wildman–Crippen MR) is 118 cm³/mol. The summed E-state index contributed by atoms with van der Waals surface area (Å²) in [6.45, 7) is 0.540. The van der Waals surface area contributed by atoms with Crippen molar-refractivity contribution in [3.8, 4) is 5.75 Å². The lowest BCUT2D eigenvalue weighted by Crippen LogP contribution is -2.39. The lowest BCUT2D eigenvalue weighted by atomic mass is 10.1. The van der Waals surface area contributed by atoms with Gasteiger partial charge in [0, 0.05) is 27.8 Å². The van der Waals surface area contributed by atoms with Crippen molar-refractivity contribution < 1.29 is 18.6 Å². The van der Waals surface area contributed by atoms with E-state index in [0.29, 0.717) is 24.6 Å². The minimum absolute atomic E-state index is 0. The predicted octanol–water partition coefficient (Wildman–Crippen LogP) is 4.52. The monoisotopic (exact) mass is 575 g/mol. The van der Waals surface area contributed by atoms with E-state index in [-0.39, 0.29) is 36.3 Å². The summed E-state index contributed by atoms with van der Waals surface area (Å²) in [4.78, 5) is 5.59. The Bertz CT molecular complexity index is 716. The molecule has 150 valence electrons. The molecule has 0 aliphatic carbocycles. The molecule has 0 fully saturated rings. The molecular formula is C17H21BrF2IN3O2S. The van der Waals surface area contributed by atoms with Crippen LogP contribution in [0.25, 0.3) is 0 Å². The van der Waals surface area contributed by atoms with E-state index in [2.05, 4.69) is 36.3 Å². The Balaban J connectivity index is 0.00000364. The Hall–Kier alpha value is -0.980. The van der Waals surface area contributed by atoms with Crippen LogP contribution >= 0.6 is 51.2 Å². The molecule has 27 heavy (non-hydrogen) atoms. The van der Waals surface area contributed by atoms with E-state index >= 15 is 0 Å². The summed E-state index contributed by atoms with van der Waals surface area (Å²) in [5, 5.41) is 18.4. The summed E-state index contributed by atoms with van der Waals surface area (Å²) in [7, 11) is 0. The maximum atomic E-state index is 12.2. The van der Waals surface area contributed by atoms with E-state index in [4.69, 9.17) is 0 Å². The molecule has 0 spiro atoms. The number of nitrogens with zero attached hydrogens (tertiary/aromatic N) is 1.